The minimum atomic E-state index is -0.0999. The molecule has 6 nitrogen and oxygen atoms in total. The molecule has 0 unspecified atom stereocenters. The zero-order valence-corrected chi connectivity index (χ0v) is 12.7. The Morgan fingerprint density at radius 1 is 1.24 bits per heavy atom. The predicted molar refractivity (Wildman–Crippen MR) is 84.9 cm³/mol. The van der Waals surface area contributed by atoms with Gasteiger partial charge in [-0.05, 0) is 25.5 Å². The summed E-state index contributed by atoms with van der Waals surface area (Å²) in [5, 5.41) is 7.21. The van der Waals surface area contributed by atoms with Crippen LogP contribution < -0.4 is 15.8 Å². The van der Waals surface area contributed by atoms with E-state index in [9.17, 15) is 4.79 Å². The summed E-state index contributed by atoms with van der Waals surface area (Å²) >= 11 is 0. The second-order valence-corrected chi connectivity index (χ2v) is 4.68. The highest BCUT2D eigenvalue weighted by Gasteiger charge is 2.06. The number of pyridine rings is 1. The Morgan fingerprint density at radius 3 is 2.52 bits per heavy atom. The molecule has 1 N–H and O–H groups in total. The summed E-state index contributed by atoms with van der Waals surface area (Å²) in [6.07, 6.45) is 3.49. The van der Waals surface area contributed by atoms with Crippen molar-refractivity contribution in [1.29, 1.82) is 0 Å². The maximum atomic E-state index is 12.1. The molecule has 0 aliphatic carbocycles. The van der Waals surface area contributed by atoms with Gasteiger partial charge in [-0.2, -0.15) is 5.10 Å². The van der Waals surface area contributed by atoms with Gasteiger partial charge in [0.05, 0.1) is 18.4 Å². The lowest BCUT2D eigenvalue weighted by Gasteiger charge is -2.20. The zero-order chi connectivity index (χ0) is 15.2. The van der Waals surface area contributed by atoms with Gasteiger partial charge < -0.3 is 10.2 Å². The highest BCUT2D eigenvalue weighted by molar-refractivity contribution is 5.42. The molecule has 2 heterocycles. The number of aromatic nitrogens is 3. The van der Waals surface area contributed by atoms with Crippen molar-refractivity contribution in [3.8, 4) is 0 Å². The molecular formula is C15H21N5O. The van der Waals surface area contributed by atoms with Crippen LogP contribution in [0.1, 0.15) is 19.4 Å². The van der Waals surface area contributed by atoms with Crippen molar-refractivity contribution in [3.63, 3.8) is 0 Å². The van der Waals surface area contributed by atoms with E-state index in [0.717, 1.165) is 30.2 Å². The molecule has 0 radical (unpaired) electrons. The fraction of sp³-hybridized carbons (Fsp3) is 0.400. The van der Waals surface area contributed by atoms with Crippen LogP contribution in [0.3, 0.4) is 0 Å². The van der Waals surface area contributed by atoms with Crippen LogP contribution in [-0.4, -0.2) is 34.9 Å². The first-order chi connectivity index (χ1) is 10.2. The van der Waals surface area contributed by atoms with Crippen LogP contribution in [0.4, 0.5) is 11.5 Å². The van der Waals surface area contributed by atoms with Crippen molar-refractivity contribution < 1.29 is 0 Å². The van der Waals surface area contributed by atoms with E-state index in [1.807, 2.05) is 19.2 Å². The standard InChI is InChI=1S/C15H21N5O/c1-4-19(5-2)13-8-15(21)20(18-10-13)11-12-6-7-14(16-3)17-9-12/h6-10H,4-5,11H2,1-3H3,(H,16,17). The molecule has 0 saturated heterocycles. The molecule has 0 aliphatic rings. The zero-order valence-electron chi connectivity index (χ0n) is 12.7. The molecule has 0 aromatic carbocycles. The average molecular weight is 287 g/mol. The third-order valence-electron chi connectivity index (χ3n) is 3.40. The fourth-order valence-electron chi connectivity index (χ4n) is 2.14. The first kappa shape index (κ1) is 15.0. The second-order valence-electron chi connectivity index (χ2n) is 4.68. The van der Waals surface area contributed by atoms with E-state index in [-0.39, 0.29) is 5.56 Å². The molecule has 0 bridgehead atoms. The van der Waals surface area contributed by atoms with Gasteiger partial charge in [0.25, 0.3) is 5.56 Å². The van der Waals surface area contributed by atoms with Crippen molar-refractivity contribution in [2.75, 3.05) is 30.4 Å². The molecule has 6 heteroatoms. The lowest BCUT2D eigenvalue weighted by Crippen LogP contribution is -2.28. The molecule has 0 atom stereocenters. The lowest BCUT2D eigenvalue weighted by molar-refractivity contribution is 0.635. The molecule has 0 aliphatic heterocycles. The van der Waals surface area contributed by atoms with E-state index in [1.165, 1.54) is 4.68 Å². The highest BCUT2D eigenvalue weighted by Crippen LogP contribution is 2.09. The number of nitrogens with zero attached hydrogens (tertiary/aromatic N) is 4. The first-order valence-electron chi connectivity index (χ1n) is 7.12. The predicted octanol–water partition coefficient (Wildman–Crippen LogP) is 1.57. The van der Waals surface area contributed by atoms with E-state index in [1.54, 1.807) is 18.5 Å². The lowest BCUT2D eigenvalue weighted by atomic mass is 10.3. The minimum absolute atomic E-state index is 0.0999. The summed E-state index contributed by atoms with van der Waals surface area (Å²) in [5.74, 6) is 0.802. The summed E-state index contributed by atoms with van der Waals surface area (Å²) in [5.41, 5.74) is 1.71. The second kappa shape index (κ2) is 6.88. The smallest absolute Gasteiger partial charge is 0.269 e. The van der Waals surface area contributed by atoms with Gasteiger partial charge in [0.2, 0.25) is 0 Å². The van der Waals surface area contributed by atoms with Crippen LogP contribution in [0.25, 0.3) is 0 Å². The van der Waals surface area contributed by atoms with Gasteiger partial charge in [0.15, 0.2) is 0 Å². The van der Waals surface area contributed by atoms with Crippen LogP contribution in [-0.2, 0) is 6.54 Å². The number of nitrogens with one attached hydrogen (secondary N) is 1. The Morgan fingerprint density at radius 2 is 2.00 bits per heavy atom. The molecule has 0 fully saturated rings. The maximum absolute atomic E-state index is 12.1. The number of anilines is 2. The first-order valence-corrected chi connectivity index (χ1v) is 7.12. The van der Waals surface area contributed by atoms with E-state index >= 15 is 0 Å². The summed E-state index contributed by atoms with van der Waals surface area (Å²) in [6.45, 7) is 6.26. The van der Waals surface area contributed by atoms with Gasteiger partial charge in [-0.3, -0.25) is 4.79 Å². The Hall–Kier alpha value is -2.37. The quantitative estimate of drug-likeness (QED) is 0.874. The van der Waals surface area contributed by atoms with Crippen LogP contribution in [0.15, 0.2) is 35.4 Å². The SMILES string of the molecule is CCN(CC)c1cnn(Cc2ccc(NC)nc2)c(=O)c1. The molecule has 21 heavy (non-hydrogen) atoms. The Balaban J connectivity index is 2.19. The van der Waals surface area contributed by atoms with Crippen molar-refractivity contribution >= 4 is 11.5 Å². The molecule has 0 amide bonds. The molecule has 112 valence electrons. The van der Waals surface area contributed by atoms with Crippen LogP contribution in [0.5, 0.6) is 0 Å². The molecule has 0 saturated carbocycles. The summed E-state index contributed by atoms with van der Waals surface area (Å²) in [6, 6.07) is 5.45. The van der Waals surface area contributed by atoms with Crippen molar-refractivity contribution in [1.82, 2.24) is 14.8 Å². The maximum Gasteiger partial charge on any atom is 0.269 e. The van der Waals surface area contributed by atoms with Gasteiger partial charge in [-0.25, -0.2) is 9.67 Å². The number of hydrogen-bond acceptors (Lipinski definition) is 5. The van der Waals surface area contributed by atoms with Crippen molar-refractivity contribution in [2.45, 2.75) is 20.4 Å². The van der Waals surface area contributed by atoms with Crippen LogP contribution in [0, 0.1) is 0 Å². The summed E-state index contributed by atoms with van der Waals surface area (Å²) in [7, 11) is 1.82. The number of hydrogen-bond donors (Lipinski definition) is 1. The Kier molecular flexibility index (Phi) is 4.92. The molecular weight excluding hydrogens is 266 g/mol. The third-order valence-corrected chi connectivity index (χ3v) is 3.40. The van der Waals surface area contributed by atoms with Gasteiger partial charge >= 0.3 is 0 Å². The minimum Gasteiger partial charge on any atom is -0.373 e. The van der Waals surface area contributed by atoms with Gasteiger partial charge in [-0.15, -0.1) is 0 Å². The molecule has 0 spiro atoms. The van der Waals surface area contributed by atoms with Crippen molar-refractivity contribution in [2.24, 2.45) is 0 Å². The average Bonchev–Trinajstić information content (AvgIpc) is 2.52. The largest absolute Gasteiger partial charge is 0.373 e. The van der Waals surface area contributed by atoms with Crippen LogP contribution >= 0.6 is 0 Å². The topological polar surface area (TPSA) is 63.1 Å². The fourth-order valence-corrected chi connectivity index (χ4v) is 2.14. The van der Waals surface area contributed by atoms with E-state index < -0.39 is 0 Å². The third kappa shape index (κ3) is 3.59. The highest BCUT2D eigenvalue weighted by atomic mass is 16.1. The van der Waals surface area contributed by atoms with E-state index in [0.29, 0.717) is 6.54 Å². The van der Waals surface area contributed by atoms with Gasteiger partial charge in [0.1, 0.15) is 5.82 Å². The molecule has 2 rings (SSSR count). The Bertz CT molecular complexity index is 631. The Labute approximate surface area is 124 Å². The molecule has 2 aromatic heterocycles. The monoisotopic (exact) mass is 287 g/mol. The number of rotatable bonds is 6. The van der Waals surface area contributed by atoms with E-state index in [4.69, 9.17) is 0 Å². The van der Waals surface area contributed by atoms with Gasteiger partial charge in [-0.1, -0.05) is 6.07 Å². The van der Waals surface area contributed by atoms with Crippen LogP contribution in [0.2, 0.25) is 0 Å². The van der Waals surface area contributed by atoms with E-state index in [2.05, 4.69) is 34.1 Å². The summed E-state index contributed by atoms with van der Waals surface area (Å²) < 4.78 is 1.45. The summed E-state index contributed by atoms with van der Waals surface area (Å²) in [4.78, 5) is 18.5. The van der Waals surface area contributed by atoms with Gasteiger partial charge in [0, 0.05) is 32.4 Å². The van der Waals surface area contributed by atoms with Crippen molar-refractivity contribution in [3.05, 3.63) is 46.5 Å². The normalized spacial score (nSPS) is 10.4. The molecule has 2 aromatic rings.